The minimum Gasteiger partial charge on any atom is -0.319 e. The standard InChI is InChI=1S/C19H15F3N2/c20-19(21,22)15-11-9-13(10-12-15)16-7-4-8-17(24-16)18(23)14-5-2-1-3-6-14/h1-12,18H,23H2. The molecule has 3 aromatic rings. The molecule has 1 heterocycles. The van der Waals surface area contributed by atoms with E-state index in [9.17, 15) is 13.2 Å². The first kappa shape index (κ1) is 16.2. The van der Waals surface area contributed by atoms with Gasteiger partial charge in [0.05, 0.1) is 23.0 Å². The van der Waals surface area contributed by atoms with Gasteiger partial charge in [-0.2, -0.15) is 13.2 Å². The molecule has 0 bridgehead atoms. The van der Waals surface area contributed by atoms with Crippen molar-refractivity contribution >= 4 is 0 Å². The summed E-state index contributed by atoms with van der Waals surface area (Å²) < 4.78 is 37.9. The highest BCUT2D eigenvalue weighted by Gasteiger charge is 2.30. The third-order valence-corrected chi connectivity index (χ3v) is 3.76. The summed E-state index contributed by atoms with van der Waals surface area (Å²) in [6.07, 6.45) is -4.34. The number of pyridine rings is 1. The zero-order valence-electron chi connectivity index (χ0n) is 12.7. The zero-order chi connectivity index (χ0) is 17.2. The molecule has 1 aromatic heterocycles. The molecule has 2 nitrogen and oxygen atoms in total. The Morgan fingerprint density at radius 3 is 2.08 bits per heavy atom. The van der Waals surface area contributed by atoms with Crippen molar-refractivity contribution < 1.29 is 13.2 Å². The van der Waals surface area contributed by atoms with Crippen molar-refractivity contribution in [3.05, 3.63) is 89.6 Å². The van der Waals surface area contributed by atoms with Gasteiger partial charge in [0.2, 0.25) is 0 Å². The van der Waals surface area contributed by atoms with Crippen molar-refractivity contribution in [2.45, 2.75) is 12.2 Å². The van der Waals surface area contributed by atoms with Gasteiger partial charge in [-0.15, -0.1) is 0 Å². The van der Waals surface area contributed by atoms with E-state index in [0.717, 1.165) is 17.7 Å². The first-order valence-electron chi connectivity index (χ1n) is 7.40. The van der Waals surface area contributed by atoms with Crippen LogP contribution in [0.3, 0.4) is 0 Å². The number of aromatic nitrogens is 1. The third kappa shape index (κ3) is 3.46. The molecular weight excluding hydrogens is 313 g/mol. The monoisotopic (exact) mass is 328 g/mol. The Hall–Kier alpha value is -2.66. The molecule has 24 heavy (non-hydrogen) atoms. The van der Waals surface area contributed by atoms with Crippen LogP contribution in [0.4, 0.5) is 13.2 Å². The van der Waals surface area contributed by atoms with E-state index in [-0.39, 0.29) is 6.04 Å². The van der Waals surface area contributed by atoms with Crippen LogP contribution in [0.15, 0.2) is 72.8 Å². The lowest BCUT2D eigenvalue weighted by Crippen LogP contribution is -2.13. The van der Waals surface area contributed by atoms with E-state index in [2.05, 4.69) is 4.98 Å². The van der Waals surface area contributed by atoms with Gasteiger partial charge in [0, 0.05) is 5.56 Å². The van der Waals surface area contributed by atoms with Gasteiger partial charge >= 0.3 is 6.18 Å². The minimum absolute atomic E-state index is 0.388. The highest BCUT2D eigenvalue weighted by atomic mass is 19.4. The molecule has 0 aliphatic rings. The normalized spacial score (nSPS) is 12.8. The maximum Gasteiger partial charge on any atom is 0.416 e. The molecule has 0 saturated carbocycles. The summed E-state index contributed by atoms with van der Waals surface area (Å²) in [5.41, 5.74) is 8.35. The Kier molecular flexibility index (Phi) is 4.36. The second-order valence-corrected chi connectivity index (χ2v) is 5.41. The summed E-state index contributed by atoms with van der Waals surface area (Å²) in [5, 5.41) is 0. The largest absolute Gasteiger partial charge is 0.416 e. The number of benzene rings is 2. The van der Waals surface area contributed by atoms with Gasteiger partial charge in [0.15, 0.2) is 0 Å². The van der Waals surface area contributed by atoms with Gasteiger partial charge < -0.3 is 5.73 Å². The molecule has 3 rings (SSSR count). The molecule has 2 N–H and O–H groups in total. The lowest BCUT2D eigenvalue weighted by atomic mass is 10.0. The van der Waals surface area contributed by atoms with Crippen molar-refractivity contribution in [1.29, 1.82) is 0 Å². The van der Waals surface area contributed by atoms with Crippen LogP contribution in [-0.4, -0.2) is 4.98 Å². The van der Waals surface area contributed by atoms with Gasteiger partial charge in [-0.3, -0.25) is 4.98 Å². The molecule has 2 aromatic carbocycles. The summed E-state index contributed by atoms with van der Waals surface area (Å²) in [5.74, 6) is 0. The highest BCUT2D eigenvalue weighted by Crippen LogP contribution is 2.31. The third-order valence-electron chi connectivity index (χ3n) is 3.76. The molecule has 0 spiro atoms. The van der Waals surface area contributed by atoms with Crippen LogP contribution in [0.1, 0.15) is 22.9 Å². The van der Waals surface area contributed by atoms with Gasteiger partial charge in [-0.1, -0.05) is 48.5 Å². The lowest BCUT2D eigenvalue weighted by Gasteiger charge is -2.13. The van der Waals surface area contributed by atoms with Crippen LogP contribution in [-0.2, 0) is 6.18 Å². The molecule has 1 atom stereocenters. The summed E-state index contributed by atoms with van der Waals surface area (Å²) in [4.78, 5) is 4.50. The summed E-state index contributed by atoms with van der Waals surface area (Å²) >= 11 is 0. The molecule has 5 heteroatoms. The quantitative estimate of drug-likeness (QED) is 0.749. The molecule has 122 valence electrons. The summed E-state index contributed by atoms with van der Waals surface area (Å²) in [6.45, 7) is 0. The first-order chi connectivity index (χ1) is 11.4. The Balaban J connectivity index is 1.91. The number of nitrogens with two attached hydrogens (primary N) is 1. The smallest absolute Gasteiger partial charge is 0.319 e. The fourth-order valence-electron chi connectivity index (χ4n) is 2.45. The van der Waals surface area contributed by atoms with E-state index in [4.69, 9.17) is 5.73 Å². The Labute approximate surface area is 137 Å². The average Bonchev–Trinajstić information content (AvgIpc) is 2.61. The van der Waals surface area contributed by atoms with Crippen molar-refractivity contribution in [1.82, 2.24) is 4.98 Å². The van der Waals surface area contributed by atoms with Crippen LogP contribution in [0.5, 0.6) is 0 Å². The number of rotatable bonds is 3. The summed E-state index contributed by atoms with van der Waals surface area (Å²) in [7, 11) is 0. The Bertz CT molecular complexity index is 812. The Morgan fingerprint density at radius 1 is 0.792 bits per heavy atom. The predicted octanol–water partition coefficient (Wildman–Crippen LogP) is 4.82. The van der Waals surface area contributed by atoms with E-state index in [0.29, 0.717) is 17.0 Å². The zero-order valence-corrected chi connectivity index (χ0v) is 12.7. The summed E-state index contributed by atoms with van der Waals surface area (Å²) in [6, 6.07) is 19.5. The number of hydrogen-bond acceptors (Lipinski definition) is 2. The van der Waals surface area contributed by atoms with E-state index in [1.54, 1.807) is 12.1 Å². The predicted molar refractivity (Wildman–Crippen MR) is 87.1 cm³/mol. The number of nitrogens with zero attached hydrogens (tertiary/aromatic N) is 1. The van der Waals surface area contributed by atoms with E-state index in [1.165, 1.54) is 12.1 Å². The molecule has 0 saturated heterocycles. The molecule has 0 amide bonds. The van der Waals surface area contributed by atoms with Crippen molar-refractivity contribution in [2.75, 3.05) is 0 Å². The van der Waals surface area contributed by atoms with Crippen LogP contribution in [0.25, 0.3) is 11.3 Å². The number of alkyl halides is 3. The average molecular weight is 328 g/mol. The SMILES string of the molecule is NC(c1ccccc1)c1cccc(-c2ccc(C(F)(F)F)cc2)n1. The second kappa shape index (κ2) is 6.45. The van der Waals surface area contributed by atoms with E-state index in [1.807, 2.05) is 36.4 Å². The van der Waals surface area contributed by atoms with Gasteiger partial charge in [-0.05, 0) is 29.8 Å². The van der Waals surface area contributed by atoms with E-state index >= 15 is 0 Å². The molecular formula is C19H15F3N2. The molecule has 1 unspecified atom stereocenters. The van der Waals surface area contributed by atoms with Crippen LogP contribution < -0.4 is 5.73 Å². The topological polar surface area (TPSA) is 38.9 Å². The van der Waals surface area contributed by atoms with Crippen molar-refractivity contribution in [3.8, 4) is 11.3 Å². The fourth-order valence-corrected chi connectivity index (χ4v) is 2.45. The lowest BCUT2D eigenvalue weighted by molar-refractivity contribution is -0.137. The van der Waals surface area contributed by atoms with Crippen molar-refractivity contribution in [3.63, 3.8) is 0 Å². The minimum atomic E-state index is -4.34. The van der Waals surface area contributed by atoms with Crippen LogP contribution in [0.2, 0.25) is 0 Å². The maximum absolute atomic E-state index is 12.6. The molecule has 0 aliphatic carbocycles. The Morgan fingerprint density at radius 2 is 1.46 bits per heavy atom. The molecule has 0 aliphatic heterocycles. The number of hydrogen-bond donors (Lipinski definition) is 1. The van der Waals surface area contributed by atoms with Crippen molar-refractivity contribution in [2.24, 2.45) is 5.73 Å². The second-order valence-electron chi connectivity index (χ2n) is 5.41. The van der Waals surface area contributed by atoms with E-state index < -0.39 is 11.7 Å². The molecule has 0 radical (unpaired) electrons. The van der Waals surface area contributed by atoms with Crippen LogP contribution >= 0.6 is 0 Å². The van der Waals surface area contributed by atoms with Gasteiger partial charge in [0.25, 0.3) is 0 Å². The van der Waals surface area contributed by atoms with Gasteiger partial charge in [-0.25, -0.2) is 0 Å². The fraction of sp³-hybridized carbons (Fsp3) is 0.105. The van der Waals surface area contributed by atoms with Crippen LogP contribution in [0, 0.1) is 0 Å². The number of halogens is 3. The highest BCUT2D eigenvalue weighted by molar-refractivity contribution is 5.60. The maximum atomic E-state index is 12.6. The molecule has 0 fully saturated rings. The van der Waals surface area contributed by atoms with Gasteiger partial charge in [0.1, 0.15) is 0 Å². The first-order valence-corrected chi connectivity index (χ1v) is 7.40.